The third-order valence-corrected chi connectivity index (χ3v) is 6.21. The van der Waals surface area contributed by atoms with Crippen LogP contribution in [-0.4, -0.2) is 47.1 Å². The maximum atomic E-state index is 13.1. The van der Waals surface area contributed by atoms with Crippen LogP contribution in [0.2, 0.25) is 5.02 Å². The summed E-state index contributed by atoms with van der Waals surface area (Å²) in [6.07, 6.45) is 5.45. The number of aliphatic carboxylic acids is 1. The van der Waals surface area contributed by atoms with Crippen molar-refractivity contribution in [2.24, 2.45) is 0 Å². The first-order valence-corrected chi connectivity index (χ1v) is 9.85. The second kappa shape index (κ2) is 7.97. The molecule has 2 N–H and O–H groups in total. The minimum absolute atomic E-state index is 0.0638. The molecule has 0 heterocycles. The van der Waals surface area contributed by atoms with E-state index in [1.54, 1.807) is 0 Å². The van der Waals surface area contributed by atoms with Crippen LogP contribution in [0.1, 0.15) is 51.0 Å². The van der Waals surface area contributed by atoms with E-state index in [1.807, 2.05) is 36.1 Å². The molecule has 2 aliphatic rings. The Morgan fingerprint density at radius 1 is 1.31 bits per heavy atom. The number of halogens is 1. The van der Waals surface area contributed by atoms with Gasteiger partial charge in [-0.1, -0.05) is 43.5 Å². The van der Waals surface area contributed by atoms with E-state index >= 15 is 0 Å². The zero-order chi connectivity index (χ0) is 18.7. The molecule has 0 unspecified atom stereocenters. The van der Waals surface area contributed by atoms with Gasteiger partial charge in [0.1, 0.15) is 0 Å². The molecule has 0 aliphatic heterocycles. The van der Waals surface area contributed by atoms with Gasteiger partial charge >= 0.3 is 5.97 Å². The largest absolute Gasteiger partial charge is 0.480 e. The lowest BCUT2D eigenvalue weighted by atomic mass is 9.76. The van der Waals surface area contributed by atoms with Crippen LogP contribution in [0, 0.1) is 0 Å². The quantitative estimate of drug-likeness (QED) is 0.764. The van der Waals surface area contributed by atoms with Crippen molar-refractivity contribution in [2.45, 2.75) is 62.9 Å². The van der Waals surface area contributed by atoms with Crippen molar-refractivity contribution >= 4 is 23.5 Å². The van der Waals surface area contributed by atoms with Gasteiger partial charge in [0, 0.05) is 17.1 Å². The van der Waals surface area contributed by atoms with Crippen LogP contribution < -0.4 is 5.32 Å². The highest BCUT2D eigenvalue weighted by Crippen LogP contribution is 2.42. The molecule has 3 rings (SSSR count). The first-order valence-electron chi connectivity index (χ1n) is 9.47. The number of hydrogen-bond donors (Lipinski definition) is 2. The molecular formula is C20H27ClN2O3. The number of likely N-dealkylation sites (N-methyl/N-ethyl adjacent to an activating group) is 1. The number of amides is 1. The number of rotatable bonds is 7. The molecule has 0 spiro atoms. The Kier molecular flexibility index (Phi) is 5.88. The Morgan fingerprint density at radius 3 is 2.58 bits per heavy atom. The zero-order valence-corrected chi connectivity index (χ0v) is 16.0. The molecule has 5 nitrogen and oxygen atoms in total. The Morgan fingerprint density at radius 2 is 2.00 bits per heavy atom. The Labute approximate surface area is 159 Å². The third-order valence-electron chi connectivity index (χ3n) is 5.98. The van der Waals surface area contributed by atoms with Crippen LogP contribution in [0.3, 0.4) is 0 Å². The van der Waals surface area contributed by atoms with Crippen molar-refractivity contribution in [1.29, 1.82) is 0 Å². The Hall–Kier alpha value is -1.59. The van der Waals surface area contributed by atoms with Crippen molar-refractivity contribution < 1.29 is 14.7 Å². The lowest BCUT2D eigenvalue weighted by molar-refractivity contribution is -0.140. The summed E-state index contributed by atoms with van der Waals surface area (Å²) >= 11 is 6.16. The summed E-state index contributed by atoms with van der Waals surface area (Å²) in [5.74, 6) is -0.702. The molecule has 1 aromatic carbocycles. The second-order valence-electron chi connectivity index (χ2n) is 7.55. The lowest BCUT2D eigenvalue weighted by Crippen LogP contribution is -2.57. The van der Waals surface area contributed by atoms with Gasteiger partial charge in [0.2, 0.25) is 5.91 Å². The summed E-state index contributed by atoms with van der Waals surface area (Å²) in [5.41, 5.74) is 0.540. The van der Waals surface area contributed by atoms with Gasteiger partial charge in [-0.2, -0.15) is 0 Å². The van der Waals surface area contributed by atoms with E-state index < -0.39 is 11.4 Å². The number of carbonyl (C=O) groups excluding carboxylic acids is 1. The van der Waals surface area contributed by atoms with E-state index in [-0.39, 0.29) is 24.5 Å². The molecule has 26 heavy (non-hydrogen) atoms. The van der Waals surface area contributed by atoms with Gasteiger partial charge in [-0.25, -0.2) is 0 Å². The molecule has 0 saturated heterocycles. The molecular weight excluding hydrogens is 352 g/mol. The number of nitrogens with zero attached hydrogens (tertiary/aromatic N) is 1. The fourth-order valence-corrected chi connectivity index (χ4v) is 4.60. The second-order valence-corrected chi connectivity index (χ2v) is 7.99. The number of nitrogens with one attached hydrogen (secondary N) is 1. The van der Waals surface area contributed by atoms with Gasteiger partial charge in [0.05, 0.1) is 12.0 Å². The Bertz CT molecular complexity index is 667. The van der Waals surface area contributed by atoms with Crippen LogP contribution >= 0.6 is 11.6 Å². The number of carboxylic acid groups (broad SMARTS) is 1. The molecule has 1 aromatic rings. The molecule has 2 fully saturated rings. The summed E-state index contributed by atoms with van der Waals surface area (Å²) in [7, 11) is 0. The van der Waals surface area contributed by atoms with E-state index in [0.29, 0.717) is 11.6 Å². The number of carboxylic acids is 1. The predicted octanol–water partition coefficient (Wildman–Crippen LogP) is 3.21. The highest BCUT2D eigenvalue weighted by Gasteiger charge is 2.45. The predicted molar refractivity (Wildman–Crippen MR) is 101 cm³/mol. The SMILES string of the molecule is CCN(CC(=O)O)C1CC(NC(=O)C2(c3cccc(Cl)c3)CCCC2)C1. The molecule has 2 aliphatic carbocycles. The Balaban J connectivity index is 1.63. The van der Waals surface area contributed by atoms with Gasteiger partial charge < -0.3 is 10.4 Å². The highest BCUT2D eigenvalue weighted by molar-refractivity contribution is 6.30. The number of hydrogen-bond acceptors (Lipinski definition) is 3. The molecule has 2 saturated carbocycles. The molecule has 142 valence electrons. The maximum Gasteiger partial charge on any atom is 0.317 e. The van der Waals surface area contributed by atoms with Crippen molar-refractivity contribution in [1.82, 2.24) is 10.2 Å². The highest BCUT2D eigenvalue weighted by atomic mass is 35.5. The van der Waals surface area contributed by atoms with Crippen LogP contribution in [-0.2, 0) is 15.0 Å². The summed E-state index contributed by atoms with van der Waals surface area (Å²) < 4.78 is 0. The standard InChI is InChI=1S/C20H27ClN2O3/c1-2-23(13-18(24)25)17-11-16(12-17)22-19(26)20(8-3-4-9-20)14-6-5-7-15(21)10-14/h5-7,10,16-17H,2-4,8-9,11-13H2,1H3,(H,22,26)(H,24,25). The van der Waals surface area contributed by atoms with Crippen LogP contribution in [0.5, 0.6) is 0 Å². The van der Waals surface area contributed by atoms with Gasteiger partial charge in [-0.3, -0.25) is 14.5 Å². The van der Waals surface area contributed by atoms with Crippen LogP contribution in [0.4, 0.5) is 0 Å². The molecule has 0 aromatic heterocycles. The third kappa shape index (κ3) is 3.89. The first kappa shape index (κ1) is 19.2. The maximum absolute atomic E-state index is 13.1. The normalized spacial score (nSPS) is 24.3. The summed E-state index contributed by atoms with van der Waals surface area (Å²) in [6, 6.07) is 8.05. The first-order chi connectivity index (χ1) is 12.4. The van der Waals surface area contributed by atoms with E-state index in [1.165, 1.54) is 0 Å². The van der Waals surface area contributed by atoms with E-state index in [2.05, 4.69) is 5.32 Å². The zero-order valence-electron chi connectivity index (χ0n) is 15.2. The lowest BCUT2D eigenvalue weighted by Gasteiger charge is -2.43. The topological polar surface area (TPSA) is 69.6 Å². The van der Waals surface area contributed by atoms with E-state index in [4.69, 9.17) is 16.7 Å². The average molecular weight is 379 g/mol. The smallest absolute Gasteiger partial charge is 0.317 e. The summed E-state index contributed by atoms with van der Waals surface area (Å²) in [6.45, 7) is 2.75. The number of carbonyl (C=O) groups is 2. The van der Waals surface area contributed by atoms with E-state index in [9.17, 15) is 9.59 Å². The van der Waals surface area contributed by atoms with Crippen LogP contribution in [0.15, 0.2) is 24.3 Å². The molecule has 6 heteroatoms. The fourth-order valence-electron chi connectivity index (χ4n) is 4.41. The summed E-state index contributed by atoms with van der Waals surface area (Å²) in [5, 5.41) is 12.9. The summed E-state index contributed by atoms with van der Waals surface area (Å²) in [4.78, 5) is 26.1. The van der Waals surface area contributed by atoms with Gasteiger partial charge in [-0.15, -0.1) is 0 Å². The van der Waals surface area contributed by atoms with Crippen molar-refractivity contribution in [2.75, 3.05) is 13.1 Å². The van der Waals surface area contributed by atoms with Crippen molar-refractivity contribution in [3.05, 3.63) is 34.9 Å². The number of benzene rings is 1. The molecule has 0 bridgehead atoms. The van der Waals surface area contributed by atoms with Crippen LogP contribution in [0.25, 0.3) is 0 Å². The molecule has 1 amide bonds. The molecule has 0 radical (unpaired) electrons. The fraction of sp³-hybridized carbons (Fsp3) is 0.600. The van der Waals surface area contributed by atoms with Crippen molar-refractivity contribution in [3.8, 4) is 0 Å². The van der Waals surface area contributed by atoms with E-state index in [0.717, 1.165) is 44.1 Å². The monoisotopic (exact) mass is 378 g/mol. The molecule has 0 atom stereocenters. The average Bonchev–Trinajstić information content (AvgIpc) is 3.06. The minimum Gasteiger partial charge on any atom is -0.480 e. The van der Waals surface area contributed by atoms with Gasteiger partial charge in [0.15, 0.2) is 0 Å². The van der Waals surface area contributed by atoms with Crippen molar-refractivity contribution in [3.63, 3.8) is 0 Å². The minimum atomic E-state index is -0.801. The van der Waals surface area contributed by atoms with Gasteiger partial charge in [-0.05, 0) is 49.9 Å². The van der Waals surface area contributed by atoms with Gasteiger partial charge in [0.25, 0.3) is 0 Å².